The molecule has 3 rings (SSSR count). The summed E-state index contributed by atoms with van der Waals surface area (Å²) >= 11 is 0. The topological polar surface area (TPSA) is 71.8 Å². The van der Waals surface area contributed by atoms with E-state index in [0.717, 1.165) is 16.7 Å². The van der Waals surface area contributed by atoms with Crippen molar-refractivity contribution in [1.82, 2.24) is 25.4 Å². The van der Waals surface area contributed by atoms with Gasteiger partial charge < -0.3 is 10.6 Å². The highest BCUT2D eigenvalue weighted by Gasteiger charge is 2.10. The lowest BCUT2D eigenvalue weighted by atomic mass is 10.0. The van der Waals surface area contributed by atoms with Crippen LogP contribution in [0.2, 0.25) is 0 Å². The Bertz CT molecular complexity index is 843. The summed E-state index contributed by atoms with van der Waals surface area (Å²) in [6, 6.07) is 15.9. The fourth-order valence-corrected chi connectivity index (χ4v) is 2.84. The third-order valence-corrected chi connectivity index (χ3v) is 4.29. The van der Waals surface area contributed by atoms with Gasteiger partial charge in [0.15, 0.2) is 0 Å². The van der Waals surface area contributed by atoms with Gasteiger partial charge in [0.1, 0.15) is 12.7 Å². The summed E-state index contributed by atoms with van der Waals surface area (Å²) in [5, 5.41) is 9.98. The van der Waals surface area contributed by atoms with Gasteiger partial charge in [-0.25, -0.2) is 14.5 Å². The van der Waals surface area contributed by atoms with Crippen LogP contribution in [0, 0.1) is 6.92 Å². The monoisotopic (exact) mass is 349 g/mol. The predicted molar refractivity (Wildman–Crippen MR) is 101 cm³/mol. The molecule has 0 radical (unpaired) electrons. The van der Waals surface area contributed by atoms with Crippen LogP contribution in [-0.4, -0.2) is 20.8 Å². The summed E-state index contributed by atoms with van der Waals surface area (Å²) in [6.45, 7) is 5.20. The van der Waals surface area contributed by atoms with Crippen LogP contribution in [-0.2, 0) is 13.1 Å². The third kappa shape index (κ3) is 4.69. The number of rotatable bonds is 6. The van der Waals surface area contributed by atoms with E-state index in [2.05, 4.69) is 20.7 Å². The molecule has 6 heteroatoms. The Labute approximate surface area is 153 Å². The van der Waals surface area contributed by atoms with Crippen LogP contribution in [0.3, 0.4) is 0 Å². The number of urea groups is 1. The van der Waals surface area contributed by atoms with Gasteiger partial charge >= 0.3 is 6.03 Å². The molecule has 0 aliphatic rings. The molecule has 0 bridgehead atoms. The number of carbonyl (C=O) groups is 1. The second-order valence-electron chi connectivity index (χ2n) is 6.31. The van der Waals surface area contributed by atoms with Crippen molar-refractivity contribution in [3.63, 3.8) is 0 Å². The number of hydrogen-bond donors (Lipinski definition) is 2. The summed E-state index contributed by atoms with van der Waals surface area (Å²) in [5.41, 5.74) is 4.48. The number of carbonyl (C=O) groups excluding carboxylic acids is 1. The van der Waals surface area contributed by atoms with Crippen LogP contribution in [0.4, 0.5) is 4.79 Å². The molecule has 0 saturated carbocycles. The van der Waals surface area contributed by atoms with Crippen LogP contribution in [0.25, 0.3) is 0 Å². The largest absolute Gasteiger partial charge is 0.334 e. The fourth-order valence-electron chi connectivity index (χ4n) is 2.84. The van der Waals surface area contributed by atoms with Crippen molar-refractivity contribution in [2.45, 2.75) is 33.0 Å². The first-order valence-corrected chi connectivity index (χ1v) is 8.62. The molecule has 134 valence electrons. The maximum absolute atomic E-state index is 12.1. The Morgan fingerprint density at radius 3 is 2.54 bits per heavy atom. The zero-order valence-electron chi connectivity index (χ0n) is 15.0. The van der Waals surface area contributed by atoms with Crippen molar-refractivity contribution in [3.8, 4) is 0 Å². The Hall–Kier alpha value is -3.15. The number of nitrogens with one attached hydrogen (secondary N) is 2. The molecule has 2 N–H and O–H groups in total. The SMILES string of the molecule is Cc1ccccc1C(C)NC(=O)NCc1ccc(Cn2cncn2)cc1. The van der Waals surface area contributed by atoms with Crippen molar-refractivity contribution in [2.75, 3.05) is 0 Å². The van der Waals surface area contributed by atoms with E-state index in [9.17, 15) is 4.79 Å². The number of benzene rings is 2. The molecule has 1 heterocycles. The van der Waals surface area contributed by atoms with Crippen LogP contribution < -0.4 is 10.6 Å². The summed E-state index contributed by atoms with van der Waals surface area (Å²) < 4.78 is 1.77. The van der Waals surface area contributed by atoms with E-state index in [1.807, 2.05) is 62.4 Å². The maximum Gasteiger partial charge on any atom is 0.315 e. The van der Waals surface area contributed by atoms with Gasteiger partial charge in [0.05, 0.1) is 12.6 Å². The molecular formula is C20H23N5O. The van der Waals surface area contributed by atoms with Crippen molar-refractivity contribution in [3.05, 3.63) is 83.4 Å². The fraction of sp³-hybridized carbons (Fsp3) is 0.250. The molecule has 0 fully saturated rings. The summed E-state index contributed by atoms with van der Waals surface area (Å²) in [7, 11) is 0. The predicted octanol–water partition coefficient (Wildman–Crippen LogP) is 3.20. The van der Waals surface area contributed by atoms with Crippen LogP contribution >= 0.6 is 0 Å². The van der Waals surface area contributed by atoms with E-state index in [4.69, 9.17) is 0 Å². The van der Waals surface area contributed by atoms with Gasteiger partial charge in [-0.2, -0.15) is 5.10 Å². The molecule has 2 amide bonds. The third-order valence-electron chi connectivity index (χ3n) is 4.29. The second-order valence-corrected chi connectivity index (χ2v) is 6.31. The Morgan fingerprint density at radius 1 is 1.12 bits per heavy atom. The van der Waals surface area contributed by atoms with E-state index in [0.29, 0.717) is 13.1 Å². The minimum Gasteiger partial charge on any atom is -0.334 e. The van der Waals surface area contributed by atoms with Crippen LogP contribution in [0.5, 0.6) is 0 Å². The van der Waals surface area contributed by atoms with Gasteiger partial charge in [0, 0.05) is 6.54 Å². The molecule has 0 spiro atoms. The van der Waals surface area contributed by atoms with E-state index in [1.165, 1.54) is 11.9 Å². The molecule has 0 aliphatic heterocycles. The zero-order chi connectivity index (χ0) is 18.4. The summed E-state index contributed by atoms with van der Waals surface area (Å²) in [6.07, 6.45) is 3.21. The normalized spacial score (nSPS) is 11.8. The van der Waals surface area contributed by atoms with Gasteiger partial charge in [-0.1, -0.05) is 48.5 Å². The maximum atomic E-state index is 12.1. The first kappa shape index (κ1) is 17.7. The number of amides is 2. The highest BCUT2D eigenvalue weighted by molar-refractivity contribution is 5.74. The van der Waals surface area contributed by atoms with Crippen molar-refractivity contribution in [1.29, 1.82) is 0 Å². The van der Waals surface area contributed by atoms with Gasteiger partial charge in [-0.3, -0.25) is 0 Å². The van der Waals surface area contributed by atoms with E-state index < -0.39 is 0 Å². The minimum atomic E-state index is -0.174. The molecule has 6 nitrogen and oxygen atoms in total. The first-order valence-electron chi connectivity index (χ1n) is 8.62. The van der Waals surface area contributed by atoms with E-state index in [1.54, 1.807) is 11.0 Å². The molecular weight excluding hydrogens is 326 g/mol. The van der Waals surface area contributed by atoms with Crippen LogP contribution in [0.15, 0.2) is 61.2 Å². The molecule has 1 atom stereocenters. The average molecular weight is 349 g/mol. The summed E-state index contributed by atoms with van der Waals surface area (Å²) in [4.78, 5) is 16.1. The minimum absolute atomic E-state index is 0.0405. The summed E-state index contributed by atoms with van der Waals surface area (Å²) in [5.74, 6) is 0. The molecule has 3 aromatic rings. The average Bonchev–Trinajstić information content (AvgIpc) is 3.14. The number of hydrogen-bond acceptors (Lipinski definition) is 3. The molecule has 0 saturated heterocycles. The lowest BCUT2D eigenvalue weighted by Gasteiger charge is -2.17. The number of nitrogens with zero attached hydrogens (tertiary/aromatic N) is 3. The smallest absolute Gasteiger partial charge is 0.315 e. The molecule has 1 aromatic heterocycles. The first-order chi connectivity index (χ1) is 12.6. The van der Waals surface area contributed by atoms with Crippen molar-refractivity contribution in [2.24, 2.45) is 0 Å². The standard InChI is InChI=1S/C20H23N5O/c1-15-5-3-4-6-19(15)16(2)24-20(26)22-11-17-7-9-18(10-8-17)12-25-14-21-13-23-25/h3-10,13-14,16H,11-12H2,1-2H3,(H2,22,24,26). The zero-order valence-corrected chi connectivity index (χ0v) is 15.0. The van der Waals surface area contributed by atoms with Crippen molar-refractivity contribution >= 4 is 6.03 Å². The Balaban J connectivity index is 1.49. The van der Waals surface area contributed by atoms with Gasteiger partial charge in [0.25, 0.3) is 0 Å². The number of aryl methyl sites for hydroxylation is 1. The highest BCUT2D eigenvalue weighted by atomic mass is 16.2. The van der Waals surface area contributed by atoms with Gasteiger partial charge in [0.2, 0.25) is 0 Å². The highest BCUT2D eigenvalue weighted by Crippen LogP contribution is 2.16. The van der Waals surface area contributed by atoms with Gasteiger partial charge in [-0.15, -0.1) is 0 Å². The lowest BCUT2D eigenvalue weighted by molar-refractivity contribution is 0.237. The van der Waals surface area contributed by atoms with E-state index >= 15 is 0 Å². The molecule has 26 heavy (non-hydrogen) atoms. The molecule has 0 aliphatic carbocycles. The molecule has 1 unspecified atom stereocenters. The number of aromatic nitrogens is 3. The van der Waals surface area contributed by atoms with E-state index in [-0.39, 0.29) is 12.1 Å². The van der Waals surface area contributed by atoms with Crippen LogP contribution in [0.1, 0.15) is 35.2 Å². The second kappa shape index (κ2) is 8.29. The lowest BCUT2D eigenvalue weighted by Crippen LogP contribution is -2.36. The Kier molecular flexibility index (Phi) is 5.63. The molecule has 2 aromatic carbocycles. The van der Waals surface area contributed by atoms with Gasteiger partial charge in [-0.05, 0) is 36.1 Å². The van der Waals surface area contributed by atoms with Crippen molar-refractivity contribution < 1.29 is 4.79 Å². The quantitative estimate of drug-likeness (QED) is 0.718. The Morgan fingerprint density at radius 2 is 1.85 bits per heavy atom.